The molecule has 3 N–H and O–H groups in total. The Balaban J connectivity index is 2.68. The summed E-state index contributed by atoms with van der Waals surface area (Å²) in [7, 11) is 0. The van der Waals surface area contributed by atoms with E-state index in [-0.39, 0.29) is 12.5 Å². The molecule has 0 unspecified atom stereocenters. The monoisotopic (exact) mass is 219 g/mol. The Morgan fingerprint density at radius 2 is 2.44 bits per heavy atom. The van der Waals surface area contributed by atoms with E-state index in [0.717, 1.165) is 0 Å². The van der Waals surface area contributed by atoms with E-state index in [1.54, 1.807) is 31.2 Å². The molecule has 16 heavy (non-hydrogen) atoms. The van der Waals surface area contributed by atoms with Gasteiger partial charge in [0.15, 0.2) is 6.61 Å². The first-order valence-corrected chi connectivity index (χ1v) is 4.79. The van der Waals surface area contributed by atoms with Gasteiger partial charge < -0.3 is 15.8 Å². The Kier molecular flexibility index (Phi) is 4.30. The van der Waals surface area contributed by atoms with Crippen molar-refractivity contribution in [1.29, 1.82) is 5.26 Å². The summed E-state index contributed by atoms with van der Waals surface area (Å²) in [5.74, 6) is 0.265. The second kappa shape index (κ2) is 5.73. The number of amides is 1. The molecule has 0 saturated heterocycles. The fraction of sp³-hybridized carbons (Fsp3) is 0.273. The standard InChI is InChI=1S/C11H13N3O2/c1-8(13)11(15)14-9-3-2-4-10(7-9)16-6-5-12/h2-4,7-8H,6,13H2,1H3,(H,14,15)/t8-/m0/s1. The maximum atomic E-state index is 11.3. The number of ether oxygens (including phenoxy) is 1. The lowest BCUT2D eigenvalue weighted by Gasteiger charge is -2.09. The van der Waals surface area contributed by atoms with Crippen LogP contribution < -0.4 is 15.8 Å². The maximum absolute atomic E-state index is 11.3. The number of carbonyl (C=O) groups excluding carboxylic acids is 1. The molecule has 1 atom stereocenters. The molecular formula is C11H13N3O2. The number of carbonyl (C=O) groups is 1. The van der Waals surface area contributed by atoms with E-state index >= 15 is 0 Å². The molecule has 0 radical (unpaired) electrons. The fourth-order valence-corrected chi connectivity index (χ4v) is 1.04. The lowest BCUT2D eigenvalue weighted by Crippen LogP contribution is -2.32. The van der Waals surface area contributed by atoms with E-state index < -0.39 is 6.04 Å². The molecule has 1 aromatic rings. The van der Waals surface area contributed by atoms with E-state index in [2.05, 4.69) is 5.32 Å². The van der Waals surface area contributed by atoms with Gasteiger partial charge >= 0.3 is 0 Å². The van der Waals surface area contributed by atoms with Crippen LogP contribution in [-0.4, -0.2) is 18.6 Å². The molecule has 5 heteroatoms. The van der Waals surface area contributed by atoms with Gasteiger partial charge in [-0.25, -0.2) is 0 Å². The molecule has 0 aliphatic carbocycles. The van der Waals surface area contributed by atoms with Crippen LogP contribution in [0.1, 0.15) is 6.92 Å². The van der Waals surface area contributed by atoms with Crippen molar-refractivity contribution in [2.45, 2.75) is 13.0 Å². The van der Waals surface area contributed by atoms with Crippen molar-refractivity contribution in [3.05, 3.63) is 24.3 Å². The normalized spacial score (nSPS) is 11.3. The second-order valence-corrected chi connectivity index (χ2v) is 3.25. The number of nitrogens with two attached hydrogens (primary N) is 1. The van der Waals surface area contributed by atoms with Gasteiger partial charge in [0.2, 0.25) is 5.91 Å². The SMILES string of the molecule is C[C@H](N)C(=O)Nc1cccc(OCC#N)c1. The Bertz CT molecular complexity index is 410. The highest BCUT2D eigenvalue weighted by Gasteiger charge is 2.07. The number of hydrogen-bond acceptors (Lipinski definition) is 4. The predicted molar refractivity (Wildman–Crippen MR) is 59.8 cm³/mol. The summed E-state index contributed by atoms with van der Waals surface area (Å²) >= 11 is 0. The van der Waals surface area contributed by atoms with Crippen LogP contribution in [-0.2, 0) is 4.79 Å². The minimum absolute atomic E-state index is 0.0231. The van der Waals surface area contributed by atoms with Crippen molar-refractivity contribution in [3.63, 3.8) is 0 Å². The van der Waals surface area contributed by atoms with Crippen molar-refractivity contribution in [2.24, 2.45) is 5.73 Å². The topological polar surface area (TPSA) is 88.1 Å². The summed E-state index contributed by atoms with van der Waals surface area (Å²) in [6.07, 6.45) is 0. The van der Waals surface area contributed by atoms with Gasteiger partial charge in [0, 0.05) is 11.8 Å². The summed E-state index contributed by atoms with van der Waals surface area (Å²) in [6.45, 7) is 1.58. The molecule has 0 bridgehead atoms. The first-order chi connectivity index (χ1) is 7.63. The van der Waals surface area contributed by atoms with E-state index in [9.17, 15) is 4.79 Å². The number of hydrogen-bond donors (Lipinski definition) is 2. The van der Waals surface area contributed by atoms with Crippen LogP contribution in [0.25, 0.3) is 0 Å². The van der Waals surface area contributed by atoms with Gasteiger partial charge in [-0.2, -0.15) is 5.26 Å². The average molecular weight is 219 g/mol. The second-order valence-electron chi connectivity index (χ2n) is 3.25. The molecular weight excluding hydrogens is 206 g/mol. The fourth-order valence-electron chi connectivity index (χ4n) is 1.04. The molecule has 0 spiro atoms. The molecule has 0 aliphatic rings. The number of benzene rings is 1. The number of rotatable bonds is 4. The van der Waals surface area contributed by atoms with Crippen LogP contribution >= 0.6 is 0 Å². The Morgan fingerprint density at radius 1 is 1.69 bits per heavy atom. The van der Waals surface area contributed by atoms with Crippen molar-refractivity contribution in [3.8, 4) is 11.8 Å². The van der Waals surface area contributed by atoms with E-state index in [0.29, 0.717) is 11.4 Å². The number of nitriles is 1. The quantitative estimate of drug-likeness (QED) is 0.786. The largest absolute Gasteiger partial charge is 0.479 e. The van der Waals surface area contributed by atoms with Crippen LogP contribution in [0.5, 0.6) is 5.75 Å². The van der Waals surface area contributed by atoms with Crippen LogP contribution in [0, 0.1) is 11.3 Å². The van der Waals surface area contributed by atoms with Crippen molar-refractivity contribution < 1.29 is 9.53 Å². The van der Waals surface area contributed by atoms with Gasteiger partial charge in [-0.15, -0.1) is 0 Å². The van der Waals surface area contributed by atoms with Crippen molar-refractivity contribution in [1.82, 2.24) is 0 Å². The van der Waals surface area contributed by atoms with Crippen LogP contribution in [0.4, 0.5) is 5.69 Å². The van der Waals surface area contributed by atoms with Crippen molar-refractivity contribution in [2.75, 3.05) is 11.9 Å². The first-order valence-electron chi connectivity index (χ1n) is 4.79. The van der Waals surface area contributed by atoms with Gasteiger partial charge in [0.25, 0.3) is 0 Å². The molecule has 1 rings (SSSR count). The van der Waals surface area contributed by atoms with Gasteiger partial charge in [0.05, 0.1) is 6.04 Å². The Morgan fingerprint density at radius 3 is 3.06 bits per heavy atom. The molecule has 84 valence electrons. The molecule has 0 saturated carbocycles. The first kappa shape index (κ1) is 12.0. The van der Waals surface area contributed by atoms with Crippen LogP contribution in [0.3, 0.4) is 0 Å². The van der Waals surface area contributed by atoms with Gasteiger partial charge in [-0.3, -0.25) is 4.79 Å². The highest BCUT2D eigenvalue weighted by molar-refractivity contribution is 5.94. The smallest absolute Gasteiger partial charge is 0.241 e. The molecule has 1 aromatic carbocycles. The molecule has 1 amide bonds. The molecule has 0 fully saturated rings. The van der Waals surface area contributed by atoms with E-state index in [1.807, 2.05) is 6.07 Å². The summed E-state index contributed by atoms with van der Waals surface area (Å²) < 4.78 is 5.09. The van der Waals surface area contributed by atoms with Gasteiger partial charge in [-0.05, 0) is 19.1 Å². The molecule has 0 aliphatic heterocycles. The molecule has 0 aromatic heterocycles. The average Bonchev–Trinajstić information content (AvgIpc) is 2.26. The summed E-state index contributed by atoms with van der Waals surface area (Å²) in [4.78, 5) is 11.3. The minimum atomic E-state index is -0.566. The summed E-state index contributed by atoms with van der Waals surface area (Å²) in [6, 6.07) is 8.09. The summed E-state index contributed by atoms with van der Waals surface area (Å²) in [5.41, 5.74) is 6.01. The van der Waals surface area contributed by atoms with Crippen molar-refractivity contribution >= 4 is 11.6 Å². The third-order valence-corrected chi connectivity index (χ3v) is 1.82. The Hall–Kier alpha value is -2.06. The van der Waals surface area contributed by atoms with Gasteiger partial charge in [0.1, 0.15) is 11.8 Å². The lowest BCUT2D eigenvalue weighted by atomic mass is 10.2. The van der Waals surface area contributed by atoms with Gasteiger partial charge in [-0.1, -0.05) is 6.07 Å². The zero-order valence-corrected chi connectivity index (χ0v) is 8.93. The minimum Gasteiger partial charge on any atom is -0.479 e. The molecule has 5 nitrogen and oxygen atoms in total. The summed E-state index contributed by atoms with van der Waals surface area (Å²) in [5, 5.41) is 11.0. The number of nitrogens with zero attached hydrogens (tertiary/aromatic N) is 1. The number of anilines is 1. The number of nitrogens with one attached hydrogen (secondary N) is 1. The van der Waals surface area contributed by atoms with E-state index in [1.165, 1.54) is 0 Å². The third-order valence-electron chi connectivity index (χ3n) is 1.82. The molecule has 0 heterocycles. The highest BCUT2D eigenvalue weighted by atomic mass is 16.5. The van der Waals surface area contributed by atoms with Crippen LogP contribution in [0.2, 0.25) is 0 Å². The maximum Gasteiger partial charge on any atom is 0.241 e. The lowest BCUT2D eigenvalue weighted by molar-refractivity contribution is -0.117. The highest BCUT2D eigenvalue weighted by Crippen LogP contribution is 2.17. The predicted octanol–water partition coefficient (Wildman–Crippen LogP) is 0.875. The van der Waals surface area contributed by atoms with E-state index in [4.69, 9.17) is 15.7 Å². The third kappa shape index (κ3) is 3.59. The zero-order valence-electron chi connectivity index (χ0n) is 8.93. The van der Waals surface area contributed by atoms with Crippen LogP contribution in [0.15, 0.2) is 24.3 Å². The zero-order chi connectivity index (χ0) is 12.0. The Labute approximate surface area is 93.8 Å².